The first kappa shape index (κ1) is 20.3. The smallest absolute Gasteiger partial charge is 0.319 e. The number of nitrogens with one attached hydrogen (secondary N) is 3. The molecule has 1 aliphatic heterocycles. The summed E-state index contributed by atoms with van der Waals surface area (Å²) < 4.78 is 0. The lowest BCUT2D eigenvalue weighted by molar-refractivity contribution is 0.0603. The number of carbonyl (C=O) groups excluding carboxylic acids is 2. The van der Waals surface area contributed by atoms with Crippen LogP contribution in [0.5, 0.6) is 0 Å². The molecule has 1 saturated heterocycles. The van der Waals surface area contributed by atoms with E-state index in [2.05, 4.69) is 22.9 Å². The van der Waals surface area contributed by atoms with Crippen LogP contribution < -0.4 is 16.0 Å². The van der Waals surface area contributed by atoms with E-state index in [1.165, 1.54) is 0 Å². The number of urea groups is 1. The second-order valence-corrected chi connectivity index (χ2v) is 6.32. The molecule has 24 heavy (non-hydrogen) atoms. The molecular weight excluding hydrogens is 328 g/mol. The first-order valence-electron chi connectivity index (χ1n) is 8.10. The number of benzene rings is 1. The molecule has 1 aromatic rings. The summed E-state index contributed by atoms with van der Waals surface area (Å²) in [7, 11) is 0. The lowest BCUT2D eigenvalue weighted by Gasteiger charge is -2.38. The van der Waals surface area contributed by atoms with Gasteiger partial charge in [-0.15, -0.1) is 12.4 Å². The fraction of sp³-hybridized carbons (Fsp3) is 0.529. The van der Waals surface area contributed by atoms with Crippen LogP contribution in [0, 0.1) is 0 Å². The standard InChI is InChI=1S/C17H26N4O2.ClH/c1-11(2)19-17(23)20-15-7-5-6-14(10-15)16(22)21-9-8-18-12(3)13(21)4;/h5-7,10-13,18H,8-9H2,1-4H3,(H2,19,20,23);1H. The molecule has 2 rings (SSSR count). The summed E-state index contributed by atoms with van der Waals surface area (Å²) in [6.07, 6.45) is 0. The molecule has 1 fully saturated rings. The van der Waals surface area contributed by atoms with Gasteiger partial charge in [0.05, 0.1) is 0 Å². The van der Waals surface area contributed by atoms with E-state index in [0.29, 0.717) is 17.8 Å². The Kier molecular flexibility index (Phi) is 7.51. The van der Waals surface area contributed by atoms with Crippen LogP contribution >= 0.6 is 12.4 Å². The van der Waals surface area contributed by atoms with Gasteiger partial charge >= 0.3 is 6.03 Å². The molecular formula is C17H27ClN4O2. The molecule has 0 radical (unpaired) electrons. The van der Waals surface area contributed by atoms with Crippen molar-refractivity contribution in [3.8, 4) is 0 Å². The molecule has 0 saturated carbocycles. The van der Waals surface area contributed by atoms with Gasteiger partial charge in [-0.1, -0.05) is 6.07 Å². The highest BCUT2D eigenvalue weighted by molar-refractivity contribution is 5.97. The average molecular weight is 355 g/mol. The molecule has 2 unspecified atom stereocenters. The van der Waals surface area contributed by atoms with Crippen molar-refractivity contribution in [2.45, 2.75) is 45.8 Å². The van der Waals surface area contributed by atoms with E-state index in [-0.39, 0.29) is 42.5 Å². The van der Waals surface area contributed by atoms with Gasteiger partial charge in [0.1, 0.15) is 0 Å². The summed E-state index contributed by atoms with van der Waals surface area (Å²) in [6, 6.07) is 7.27. The Hall–Kier alpha value is -1.79. The molecule has 1 aliphatic rings. The lowest BCUT2D eigenvalue weighted by Crippen LogP contribution is -2.57. The minimum atomic E-state index is -0.270. The summed E-state index contributed by atoms with van der Waals surface area (Å²) in [5.74, 6) is -0.00114. The second kappa shape index (κ2) is 8.89. The second-order valence-electron chi connectivity index (χ2n) is 6.32. The zero-order chi connectivity index (χ0) is 17.0. The minimum absolute atomic E-state index is 0. The molecule has 134 valence electrons. The van der Waals surface area contributed by atoms with Gasteiger partial charge in [-0.25, -0.2) is 4.79 Å². The number of anilines is 1. The highest BCUT2D eigenvalue weighted by Gasteiger charge is 2.28. The van der Waals surface area contributed by atoms with Crippen molar-refractivity contribution in [3.63, 3.8) is 0 Å². The number of piperazine rings is 1. The van der Waals surface area contributed by atoms with Gasteiger partial charge in [0.15, 0.2) is 0 Å². The summed E-state index contributed by atoms with van der Waals surface area (Å²) in [4.78, 5) is 26.4. The number of rotatable bonds is 3. The van der Waals surface area contributed by atoms with Crippen LogP contribution in [0.4, 0.5) is 10.5 Å². The van der Waals surface area contributed by atoms with E-state index in [4.69, 9.17) is 0 Å². The van der Waals surface area contributed by atoms with Crippen molar-refractivity contribution in [1.29, 1.82) is 0 Å². The van der Waals surface area contributed by atoms with Crippen LogP contribution in [0.3, 0.4) is 0 Å². The Bertz CT molecular complexity index is 579. The topological polar surface area (TPSA) is 73.5 Å². The largest absolute Gasteiger partial charge is 0.336 e. The van der Waals surface area contributed by atoms with E-state index in [1.54, 1.807) is 24.3 Å². The third-order valence-corrected chi connectivity index (χ3v) is 4.08. The summed E-state index contributed by atoms with van der Waals surface area (Å²) in [5.41, 5.74) is 1.21. The van der Waals surface area contributed by atoms with Crippen molar-refractivity contribution in [1.82, 2.24) is 15.5 Å². The number of carbonyl (C=O) groups is 2. The third-order valence-electron chi connectivity index (χ3n) is 4.08. The fourth-order valence-corrected chi connectivity index (χ4v) is 2.67. The predicted molar refractivity (Wildman–Crippen MR) is 98.9 cm³/mol. The van der Waals surface area contributed by atoms with Crippen LogP contribution in [0.15, 0.2) is 24.3 Å². The Morgan fingerprint density at radius 3 is 2.67 bits per heavy atom. The van der Waals surface area contributed by atoms with Gasteiger partial charge in [0, 0.05) is 42.5 Å². The zero-order valence-corrected chi connectivity index (χ0v) is 15.4. The van der Waals surface area contributed by atoms with E-state index in [1.807, 2.05) is 25.7 Å². The number of nitrogens with zero attached hydrogens (tertiary/aromatic N) is 1. The van der Waals surface area contributed by atoms with Crippen LogP contribution in [-0.2, 0) is 0 Å². The predicted octanol–water partition coefficient (Wildman–Crippen LogP) is 2.46. The highest BCUT2D eigenvalue weighted by Crippen LogP contribution is 2.17. The number of amides is 3. The molecule has 2 atom stereocenters. The van der Waals surface area contributed by atoms with E-state index < -0.39 is 0 Å². The monoisotopic (exact) mass is 354 g/mol. The Morgan fingerprint density at radius 2 is 2.00 bits per heavy atom. The van der Waals surface area contributed by atoms with Crippen molar-refractivity contribution in [2.24, 2.45) is 0 Å². The van der Waals surface area contributed by atoms with Gasteiger partial charge in [0.25, 0.3) is 5.91 Å². The molecule has 1 heterocycles. The number of halogens is 1. The maximum Gasteiger partial charge on any atom is 0.319 e. The molecule has 3 N–H and O–H groups in total. The van der Waals surface area contributed by atoms with Crippen molar-refractivity contribution >= 4 is 30.0 Å². The van der Waals surface area contributed by atoms with Crippen molar-refractivity contribution in [2.75, 3.05) is 18.4 Å². The van der Waals surface area contributed by atoms with Crippen LogP contribution in [0.1, 0.15) is 38.1 Å². The van der Waals surface area contributed by atoms with Crippen LogP contribution in [0.2, 0.25) is 0 Å². The fourth-order valence-electron chi connectivity index (χ4n) is 2.67. The molecule has 3 amide bonds. The Morgan fingerprint density at radius 1 is 1.29 bits per heavy atom. The minimum Gasteiger partial charge on any atom is -0.336 e. The zero-order valence-electron chi connectivity index (χ0n) is 14.6. The first-order valence-corrected chi connectivity index (χ1v) is 8.10. The van der Waals surface area contributed by atoms with Gasteiger partial charge in [-0.05, 0) is 45.9 Å². The van der Waals surface area contributed by atoms with Crippen molar-refractivity contribution in [3.05, 3.63) is 29.8 Å². The van der Waals surface area contributed by atoms with E-state index >= 15 is 0 Å². The molecule has 0 aliphatic carbocycles. The quantitative estimate of drug-likeness (QED) is 0.780. The van der Waals surface area contributed by atoms with Crippen LogP contribution in [-0.4, -0.2) is 48.1 Å². The molecule has 0 spiro atoms. The molecule has 0 bridgehead atoms. The summed E-state index contributed by atoms with van der Waals surface area (Å²) in [5, 5.41) is 8.89. The van der Waals surface area contributed by atoms with Crippen molar-refractivity contribution < 1.29 is 9.59 Å². The van der Waals surface area contributed by atoms with E-state index in [9.17, 15) is 9.59 Å². The molecule has 7 heteroatoms. The van der Waals surface area contributed by atoms with Crippen LogP contribution in [0.25, 0.3) is 0 Å². The molecule has 0 aromatic heterocycles. The lowest BCUT2D eigenvalue weighted by atomic mass is 10.1. The average Bonchev–Trinajstić information content (AvgIpc) is 2.48. The maximum absolute atomic E-state index is 12.7. The van der Waals surface area contributed by atoms with Gasteiger partial charge in [-0.2, -0.15) is 0 Å². The molecule has 1 aromatic carbocycles. The van der Waals surface area contributed by atoms with E-state index in [0.717, 1.165) is 6.54 Å². The highest BCUT2D eigenvalue weighted by atomic mass is 35.5. The summed E-state index contributed by atoms with van der Waals surface area (Å²) in [6.45, 7) is 9.41. The SMILES string of the molecule is CC(C)NC(=O)Nc1cccc(C(=O)N2CCNC(C)C2C)c1.Cl. The van der Waals surface area contributed by atoms with Gasteiger partial charge in [0.2, 0.25) is 0 Å². The Labute approximate surface area is 149 Å². The van der Waals surface area contributed by atoms with Gasteiger partial charge < -0.3 is 20.9 Å². The maximum atomic E-state index is 12.7. The normalized spacial score (nSPS) is 20.3. The number of hydrogen-bond acceptors (Lipinski definition) is 3. The third kappa shape index (κ3) is 5.11. The number of hydrogen-bond donors (Lipinski definition) is 3. The summed E-state index contributed by atoms with van der Waals surface area (Å²) >= 11 is 0. The molecule has 6 nitrogen and oxygen atoms in total. The first-order chi connectivity index (χ1) is 10.9. The Balaban J connectivity index is 0.00000288. The van der Waals surface area contributed by atoms with Gasteiger partial charge in [-0.3, -0.25) is 4.79 Å².